The summed E-state index contributed by atoms with van der Waals surface area (Å²) in [7, 11) is -3.69. The molecule has 2 unspecified atom stereocenters. The van der Waals surface area contributed by atoms with Crippen molar-refractivity contribution in [1.82, 2.24) is 14.2 Å². The van der Waals surface area contributed by atoms with Crippen molar-refractivity contribution >= 4 is 39.0 Å². The minimum Gasteiger partial charge on any atom is -0.490 e. The number of halogens is 1. The number of hydrogen-bond donors (Lipinski definition) is 2. The van der Waals surface area contributed by atoms with E-state index in [4.69, 9.17) is 25.8 Å². The summed E-state index contributed by atoms with van der Waals surface area (Å²) in [6.45, 7) is 12.3. The van der Waals surface area contributed by atoms with Gasteiger partial charge in [0.15, 0.2) is 0 Å². The number of ether oxygens (including phenoxy) is 3. The van der Waals surface area contributed by atoms with Gasteiger partial charge in [-0.25, -0.2) is 4.21 Å². The third-order valence-electron chi connectivity index (χ3n) is 14.2. The molecule has 322 valence electrons. The molecule has 2 N–H and O–H groups in total. The molecule has 12 nitrogen and oxygen atoms in total. The molecule has 0 radical (unpaired) electrons. The molecule has 1 aromatic heterocycles. The van der Waals surface area contributed by atoms with Crippen molar-refractivity contribution in [2.45, 2.75) is 94.8 Å². The van der Waals surface area contributed by atoms with Crippen LogP contribution in [-0.4, -0.2) is 100 Å². The Kier molecular flexibility index (Phi) is 11.5. The minimum absolute atomic E-state index is 0.0853. The Morgan fingerprint density at radius 1 is 1.10 bits per heavy atom. The van der Waals surface area contributed by atoms with Crippen LogP contribution in [0.2, 0.25) is 5.02 Å². The number of aliphatic hydroxyl groups excluding tert-OH is 1. The number of benzene rings is 2. The van der Waals surface area contributed by atoms with E-state index in [9.17, 15) is 14.7 Å². The summed E-state index contributed by atoms with van der Waals surface area (Å²) in [5.74, 6) is -0.484. The zero-order valence-corrected chi connectivity index (χ0v) is 36.5. The standard InChI is InChI=1S/C46H58ClN5O7S/c1-30-6-4-8-41(53)38-12-9-34(38)23-52-28-46(15-5-7-32-20-36(47)11-13-39(32)46)29-58-42-14-10-33(22-40(42)52)43(54)48-60(56,31(30)2)49-44(55)35-21-37-25-59-45(3,27-51(37)24-35)26-50-16-18-57-19-17-50/h4,8,10-11,13-14,20-22,24,30-31,34,38,41,53H,5-7,9,12,15-19,23,25-29H2,1-3H3,(H,48,49,54,55,56)/b8-4-/t30-,31+,34-,38+,41-,45?,46-,60?/m0/s1. The van der Waals surface area contributed by atoms with E-state index in [1.807, 2.05) is 41.8 Å². The van der Waals surface area contributed by atoms with E-state index in [0.717, 1.165) is 68.1 Å². The first-order valence-electron chi connectivity index (χ1n) is 21.7. The number of allylic oxidation sites excluding steroid dienone is 1. The number of hydrogen-bond acceptors (Lipinski definition) is 9. The van der Waals surface area contributed by atoms with E-state index in [1.54, 1.807) is 25.3 Å². The lowest BCUT2D eigenvalue weighted by Gasteiger charge is -2.45. The first kappa shape index (κ1) is 41.6. The van der Waals surface area contributed by atoms with E-state index in [-0.39, 0.29) is 28.7 Å². The van der Waals surface area contributed by atoms with Gasteiger partial charge in [-0.1, -0.05) is 36.7 Å². The predicted octanol–water partition coefficient (Wildman–Crippen LogP) is 6.56. The van der Waals surface area contributed by atoms with E-state index in [1.165, 1.54) is 11.1 Å². The van der Waals surface area contributed by atoms with E-state index in [0.29, 0.717) is 63.8 Å². The first-order valence-corrected chi connectivity index (χ1v) is 23.7. The molecule has 60 heavy (non-hydrogen) atoms. The molecular weight excluding hydrogens is 802 g/mol. The second-order valence-electron chi connectivity index (χ2n) is 18.5. The molecule has 2 amide bonds. The number of anilines is 1. The molecule has 5 heterocycles. The van der Waals surface area contributed by atoms with Crippen LogP contribution in [0.1, 0.15) is 90.4 Å². The highest BCUT2D eigenvalue weighted by atomic mass is 35.5. The SMILES string of the molecule is C[C@@H]1[C@@H](C)C/C=C\[C@H](O)[C@@H]2CC[C@H]2CN2C[C@@]3(CCCc4cc(Cl)ccc43)COc3ccc(cc32)C(=O)N=S1(=O)NC(=O)c1cc2n(c1)CC(C)(CN1CCOCC1)OC2. The average Bonchev–Trinajstić information content (AvgIpc) is 3.57. The van der Waals surface area contributed by atoms with Gasteiger partial charge < -0.3 is 28.8 Å². The second-order valence-corrected chi connectivity index (χ2v) is 21.2. The van der Waals surface area contributed by atoms with Gasteiger partial charge in [0.05, 0.1) is 61.2 Å². The molecule has 2 bridgehead atoms. The highest BCUT2D eigenvalue weighted by molar-refractivity contribution is 7.93. The Balaban J connectivity index is 1.04. The largest absolute Gasteiger partial charge is 0.490 e. The van der Waals surface area contributed by atoms with E-state index < -0.39 is 38.7 Å². The number of aliphatic hydroxyl groups is 1. The lowest BCUT2D eigenvalue weighted by Crippen LogP contribution is -2.50. The molecular formula is C46H58ClN5O7S. The van der Waals surface area contributed by atoms with Crippen molar-refractivity contribution in [2.24, 2.45) is 22.1 Å². The van der Waals surface area contributed by atoms with Crippen LogP contribution in [0.15, 0.2) is 65.2 Å². The number of fused-ring (bicyclic) bond motifs is 5. The van der Waals surface area contributed by atoms with Gasteiger partial charge >= 0.3 is 0 Å². The molecule has 1 saturated carbocycles. The Hall–Kier alpha value is -3.72. The Labute approximate surface area is 358 Å². The fraction of sp³-hybridized carbons (Fsp3) is 0.565. The fourth-order valence-corrected chi connectivity index (χ4v) is 12.4. The highest BCUT2D eigenvalue weighted by Crippen LogP contribution is 2.47. The van der Waals surface area contributed by atoms with Crippen molar-refractivity contribution < 1.29 is 33.1 Å². The summed E-state index contributed by atoms with van der Waals surface area (Å²) in [6, 6.07) is 13.3. The average molecular weight is 861 g/mol. The molecule has 4 aliphatic heterocycles. The van der Waals surface area contributed by atoms with Crippen LogP contribution in [0.3, 0.4) is 0 Å². The number of amides is 2. The molecule has 1 spiro atoms. The van der Waals surface area contributed by atoms with Gasteiger partial charge in [0.25, 0.3) is 11.8 Å². The number of rotatable bonds is 4. The van der Waals surface area contributed by atoms with Gasteiger partial charge in [-0.05, 0) is 118 Å². The Morgan fingerprint density at radius 3 is 2.73 bits per heavy atom. The van der Waals surface area contributed by atoms with Crippen LogP contribution in [0, 0.1) is 17.8 Å². The number of aromatic nitrogens is 1. The maximum absolute atomic E-state index is 15.2. The van der Waals surface area contributed by atoms with Crippen molar-refractivity contribution in [3.05, 3.63) is 93.8 Å². The van der Waals surface area contributed by atoms with Crippen LogP contribution in [0.25, 0.3) is 0 Å². The van der Waals surface area contributed by atoms with Crippen LogP contribution in [0.4, 0.5) is 5.69 Å². The lowest BCUT2D eigenvalue weighted by molar-refractivity contribution is -0.103. The van der Waals surface area contributed by atoms with Gasteiger partial charge in [0.2, 0.25) is 0 Å². The van der Waals surface area contributed by atoms with Gasteiger partial charge in [0, 0.05) is 60.6 Å². The number of carbonyl (C=O) groups excluding carboxylic acids is 2. The monoisotopic (exact) mass is 859 g/mol. The summed E-state index contributed by atoms with van der Waals surface area (Å²) >= 11 is 6.48. The number of nitrogens with one attached hydrogen (secondary N) is 1. The molecule has 14 heteroatoms. The van der Waals surface area contributed by atoms with E-state index in [2.05, 4.69) is 37.9 Å². The highest BCUT2D eigenvalue weighted by Gasteiger charge is 2.44. The van der Waals surface area contributed by atoms with E-state index >= 15 is 4.21 Å². The number of nitrogens with zero attached hydrogens (tertiary/aromatic N) is 4. The second kappa shape index (κ2) is 16.5. The molecule has 1 saturated heterocycles. The normalized spacial score (nSPS) is 33.9. The quantitative estimate of drug-likeness (QED) is 0.280. The zero-order valence-electron chi connectivity index (χ0n) is 34.9. The molecule has 8 atom stereocenters. The van der Waals surface area contributed by atoms with Crippen molar-refractivity contribution in [3.63, 3.8) is 0 Å². The molecule has 2 fully saturated rings. The minimum atomic E-state index is -3.69. The molecule has 9 rings (SSSR count). The molecule has 2 aliphatic carbocycles. The van der Waals surface area contributed by atoms with Crippen molar-refractivity contribution in [1.29, 1.82) is 0 Å². The van der Waals surface area contributed by atoms with Gasteiger partial charge in [-0.15, -0.1) is 4.36 Å². The Morgan fingerprint density at radius 2 is 1.93 bits per heavy atom. The summed E-state index contributed by atoms with van der Waals surface area (Å²) in [6.07, 6.45) is 10.3. The van der Waals surface area contributed by atoms with Gasteiger partial charge in [-0.3, -0.25) is 19.2 Å². The molecule has 2 aromatic carbocycles. The van der Waals surface area contributed by atoms with Crippen LogP contribution in [0.5, 0.6) is 5.75 Å². The molecule has 3 aromatic rings. The summed E-state index contributed by atoms with van der Waals surface area (Å²) in [5.41, 5.74) is 3.94. The maximum atomic E-state index is 15.2. The topological polar surface area (TPSA) is 135 Å². The summed E-state index contributed by atoms with van der Waals surface area (Å²) < 4.78 is 43.0. The zero-order chi connectivity index (χ0) is 41.8. The van der Waals surface area contributed by atoms with Crippen molar-refractivity contribution in [3.8, 4) is 5.75 Å². The van der Waals surface area contributed by atoms with Crippen LogP contribution >= 0.6 is 11.6 Å². The number of aryl methyl sites for hydroxylation is 1. The first-order chi connectivity index (χ1) is 28.8. The van der Waals surface area contributed by atoms with Crippen molar-refractivity contribution in [2.75, 3.05) is 57.4 Å². The number of carbonyl (C=O) groups is 2. The van der Waals surface area contributed by atoms with Gasteiger partial charge in [-0.2, -0.15) is 0 Å². The van der Waals surface area contributed by atoms with Gasteiger partial charge in [0.1, 0.15) is 15.7 Å². The predicted molar refractivity (Wildman–Crippen MR) is 232 cm³/mol. The maximum Gasteiger partial charge on any atom is 0.286 e. The molecule has 6 aliphatic rings. The Bertz CT molecular complexity index is 2300. The van der Waals surface area contributed by atoms with Crippen LogP contribution in [-0.2, 0) is 44.4 Å². The third kappa shape index (κ3) is 8.18. The summed E-state index contributed by atoms with van der Waals surface area (Å²) in [5, 5.41) is 11.5. The lowest BCUT2D eigenvalue weighted by atomic mass is 9.68. The smallest absolute Gasteiger partial charge is 0.286 e. The van der Waals surface area contributed by atoms with Crippen LogP contribution < -0.4 is 14.4 Å². The third-order valence-corrected chi connectivity index (χ3v) is 16.9. The fourth-order valence-electron chi connectivity index (χ4n) is 10.4. The summed E-state index contributed by atoms with van der Waals surface area (Å²) in [4.78, 5) is 33.2. The number of morpholine rings is 1.